The minimum Gasteiger partial charge on any atom is -0.494 e. The van der Waals surface area contributed by atoms with Crippen LogP contribution in [0.3, 0.4) is 0 Å². The molecule has 2 saturated heterocycles. The molecule has 0 bridgehead atoms. The fourth-order valence-corrected chi connectivity index (χ4v) is 3.39. The molecule has 2 N–H and O–H groups in total. The molecule has 2 aliphatic rings. The summed E-state index contributed by atoms with van der Waals surface area (Å²) in [5, 5.41) is 19.4. The normalized spacial score (nSPS) is 29.8. The summed E-state index contributed by atoms with van der Waals surface area (Å²) in [6.45, 7) is 8.55. The number of aliphatic hydroxyl groups excluding tert-OH is 2. The first-order valence-electron chi connectivity index (χ1n) is 9.92. The lowest BCUT2D eigenvalue weighted by atomic mass is 10.1. The number of ether oxygens (including phenoxy) is 5. The molecule has 0 radical (unpaired) electrons. The number of fused-ring (bicyclic) bond motifs is 1. The number of hydrogen-bond donors (Lipinski definition) is 2. The van der Waals surface area contributed by atoms with Crippen molar-refractivity contribution in [2.24, 2.45) is 5.92 Å². The number of rotatable bonds is 9. The van der Waals surface area contributed by atoms with E-state index in [-0.39, 0.29) is 0 Å². The molecular formula is C21H32O7. The molecule has 28 heavy (non-hydrogen) atoms. The van der Waals surface area contributed by atoms with E-state index in [1.165, 1.54) is 0 Å². The summed E-state index contributed by atoms with van der Waals surface area (Å²) >= 11 is 0. The fraction of sp³-hybridized carbons (Fsp3) is 0.714. The standard InChI is InChI=1S/C21H32O7/c1-13(2)9-10-24-15-7-5-14(6-8-15)12-25-18-17(16(23)11-22)26-20-19(18)27-21(3,4)28-20/h5-8,13,16-20,22-23H,9-12H2,1-4H3/t16-,17-,18-,19+,20+/m1/s1. The second kappa shape index (κ2) is 9.07. The van der Waals surface area contributed by atoms with Gasteiger partial charge in [0.15, 0.2) is 12.1 Å². The molecule has 5 atom stereocenters. The smallest absolute Gasteiger partial charge is 0.190 e. The minimum atomic E-state index is -1.07. The van der Waals surface area contributed by atoms with Crippen LogP contribution in [0.1, 0.15) is 39.7 Å². The van der Waals surface area contributed by atoms with Crippen molar-refractivity contribution in [2.45, 2.75) is 77.2 Å². The molecule has 3 rings (SSSR count). The van der Waals surface area contributed by atoms with E-state index in [1.54, 1.807) is 13.8 Å². The van der Waals surface area contributed by atoms with E-state index >= 15 is 0 Å². The average Bonchev–Trinajstić information content (AvgIpc) is 3.12. The molecule has 0 amide bonds. The maximum Gasteiger partial charge on any atom is 0.190 e. The van der Waals surface area contributed by atoms with Gasteiger partial charge < -0.3 is 33.9 Å². The Kier molecular flexibility index (Phi) is 6.96. The highest BCUT2D eigenvalue weighted by molar-refractivity contribution is 5.26. The third-order valence-corrected chi connectivity index (χ3v) is 4.92. The monoisotopic (exact) mass is 396 g/mol. The Balaban J connectivity index is 1.58. The Morgan fingerprint density at radius 2 is 1.86 bits per heavy atom. The average molecular weight is 396 g/mol. The zero-order chi connectivity index (χ0) is 20.3. The van der Waals surface area contributed by atoms with Crippen molar-refractivity contribution in [2.75, 3.05) is 13.2 Å². The van der Waals surface area contributed by atoms with Gasteiger partial charge in [0.25, 0.3) is 0 Å². The van der Waals surface area contributed by atoms with Gasteiger partial charge >= 0.3 is 0 Å². The predicted molar refractivity (Wildman–Crippen MR) is 102 cm³/mol. The molecule has 2 aliphatic heterocycles. The van der Waals surface area contributed by atoms with E-state index in [0.717, 1.165) is 17.7 Å². The van der Waals surface area contributed by atoms with Gasteiger partial charge in [0.1, 0.15) is 30.2 Å². The highest BCUT2D eigenvalue weighted by Crippen LogP contribution is 2.39. The van der Waals surface area contributed by atoms with Crippen molar-refractivity contribution in [3.8, 4) is 5.75 Å². The maximum atomic E-state index is 10.1. The second-order valence-corrected chi connectivity index (χ2v) is 8.27. The zero-order valence-corrected chi connectivity index (χ0v) is 17.0. The molecule has 0 aromatic heterocycles. The third-order valence-electron chi connectivity index (χ3n) is 4.92. The summed E-state index contributed by atoms with van der Waals surface area (Å²) < 4.78 is 29.1. The van der Waals surface area contributed by atoms with Gasteiger partial charge in [0, 0.05) is 0 Å². The fourth-order valence-electron chi connectivity index (χ4n) is 3.39. The number of benzene rings is 1. The van der Waals surface area contributed by atoms with E-state index in [9.17, 15) is 10.2 Å². The third kappa shape index (κ3) is 5.23. The van der Waals surface area contributed by atoms with E-state index in [0.29, 0.717) is 19.1 Å². The minimum absolute atomic E-state index is 0.321. The van der Waals surface area contributed by atoms with Crippen LogP contribution in [0.5, 0.6) is 5.75 Å². The molecule has 0 spiro atoms. The molecule has 7 heteroatoms. The quantitative estimate of drug-likeness (QED) is 0.662. The molecule has 0 unspecified atom stereocenters. The summed E-state index contributed by atoms with van der Waals surface area (Å²) in [5.41, 5.74) is 0.968. The van der Waals surface area contributed by atoms with E-state index in [1.807, 2.05) is 24.3 Å². The molecule has 2 fully saturated rings. The lowest BCUT2D eigenvalue weighted by Crippen LogP contribution is -2.44. The Labute approximate surface area is 166 Å². The van der Waals surface area contributed by atoms with Crippen LogP contribution in [0.15, 0.2) is 24.3 Å². The molecule has 2 heterocycles. The highest BCUT2D eigenvalue weighted by atomic mass is 16.8. The highest BCUT2D eigenvalue weighted by Gasteiger charge is 2.56. The Morgan fingerprint density at radius 3 is 2.50 bits per heavy atom. The Hall–Kier alpha value is -1.22. The van der Waals surface area contributed by atoms with Crippen molar-refractivity contribution in [3.05, 3.63) is 29.8 Å². The Morgan fingerprint density at radius 1 is 1.14 bits per heavy atom. The van der Waals surface area contributed by atoms with Gasteiger partial charge in [-0.15, -0.1) is 0 Å². The lowest BCUT2D eigenvalue weighted by molar-refractivity contribution is -0.232. The van der Waals surface area contributed by atoms with Crippen LogP contribution < -0.4 is 4.74 Å². The topological polar surface area (TPSA) is 86.6 Å². The molecule has 158 valence electrons. The first kappa shape index (κ1) is 21.5. The summed E-state index contributed by atoms with van der Waals surface area (Å²) in [6, 6.07) is 7.74. The van der Waals surface area contributed by atoms with E-state index in [4.69, 9.17) is 23.7 Å². The molecule has 1 aromatic rings. The SMILES string of the molecule is CC(C)CCOc1ccc(CO[C@H]2[C@@H]3OC(C)(C)O[C@@H]3O[C@@H]2[C@H](O)CO)cc1. The van der Waals surface area contributed by atoms with Crippen molar-refractivity contribution in [1.29, 1.82) is 0 Å². The van der Waals surface area contributed by atoms with Crippen molar-refractivity contribution < 1.29 is 33.9 Å². The van der Waals surface area contributed by atoms with Gasteiger partial charge in [-0.2, -0.15) is 0 Å². The summed E-state index contributed by atoms with van der Waals surface area (Å²) in [4.78, 5) is 0. The molecule has 0 aliphatic carbocycles. The number of hydrogen-bond acceptors (Lipinski definition) is 7. The summed E-state index contributed by atoms with van der Waals surface area (Å²) in [6.07, 6.45) is -2.39. The molecule has 1 aromatic carbocycles. The zero-order valence-electron chi connectivity index (χ0n) is 17.0. The van der Waals surface area contributed by atoms with Crippen molar-refractivity contribution in [3.63, 3.8) is 0 Å². The first-order chi connectivity index (χ1) is 13.3. The summed E-state index contributed by atoms with van der Waals surface area (Å²) in [7, 11) is 0. The second-order valence-electron chi connectivity index (χ2n) is 8.27. The molecule has 7 nitrogen and oxygen atoms in total. The van der Waals surface area contributed by atoms with Crippen LogP contribution in [-0.4, -0.2) is 59.9 Å². The van der Waals surface area contributed by atoms with Crippen LogP contribution in [0.2, 0.25) is 0 Å². The maximum absolute atomic E-state index is 10.1. The van der Waals surface area contributed by atoms with Gasteiger partial charge in [-0.25, -0.2) is 0 Å². The van der Waals surface area contributed by atoms with Crippen molar-refractivity contribution in [1.82, 2.24) is 0 Å². The summed E-state index contributed by atoms with van der Waals surface area (Å²) in [5.74, 6) is 0.664. The van der Waals surface area contributed by atoms with Gasteiger partial charge in [0.05, 0.1) is 19.8 Å². The van der Waals surface area contributed by atoms with Crippen LogP contribution in [0, 0.1) is 5.92 Å². The predicted octanol–water partition coefficient (Wildman–Crippen LogP) is 2.23. The van der Waals surface area contributed by atoms with E-state index in [2.05, 4.69) is 13.8 Å². The Bertz CT molecular complexity index is 616. The molecular weight excluding hydrogens is 364 g/mol. The van der Waals surface area contributed by atoms with Crippen molar-refractivity contribution >= 4 is 0 Å². The van der Waals surface area contributed by atoms with Gasteiger partial charge in [-0.3, -0.25) is 0 Å². The van der Waals surface area contributed by atoms with Gasteiger partial charge in [0.2, 0.25) is 0 Å². The number of aliphatic hydroxyl groups is 2. The first-order valence-corrected chi connectivity index (χ1v) is 9.92. The van der Waals surface area contributed by atoms with Gasteiger partial charge in [-0.05, 0) is 43.9 Å². The van der Waals surface area contributed by atoms with Crippen LogP contribution in [0.25, 0.3) is 0 Å². The molecule has 0 saturated carbocycles. The van der Waals surface area contributed by atoms with Crippen LogP contribution in [0.4, 0.5) is 0 Å². The van der Waals surface area contributed by atoms with Crippen LogP contribution in [-0.2, 0) is 25.6 Å². The van der Waals surface area contributed by atoms with E-state index < -0.39 is 43.1 Å². The van der Waals surface area contributed by atoms with Gasteiger partial charge in [-0.1, -0.05) is 26.0 Å². The van der Waals surface area contributed by atoms with Crippen LogP contribution >= 0.6 is 0 Å². The lowest BCUT2D eigenvalue weighted by Gasteiger charge is -2.28. The largest absolute Gasteiger partial charge is 0.494 e.